The molecule has 0 aliphatic heterocycles. The normalized spacial score (nSPS) is 34.4. The molecule has 0 radical (unpaired) electrons. The molecule has 2 atom stereocenters. The van der Waals surface area contributed by atoms with E-state index in [2.05, 4.69) is 6.92 Å². The van der Waals surface area contributed by atoms with Crippen LogP contribution in [-0.2, 0) is 0 Å². The van der Waals surface area contributed by atoms with Gasteiger partial charge in [0, 0.05) is 0 Å². The fourth-order valence-corrected chi connectivity index (χ4v) is 1.97. The van der Waals surface area contributed by atoms with Gasteiger partial charge in [-0.25, -0.2) is 0 Å². The van der Waals surface area contributed by atoms with Crippen molar-refractivity contribution in [3.05, 3.63) is 0 Å². The molecule has 0 bridgehead atoms. The van der Waals surface area contributed by atoms with Crippen LogP contribution in [0, 0.1) is 11.8 Å². The van der Waals surface area contributed by atoms with Crippen molar-refractivity contribution in [3.63, 3.8) is 0 Å². The second-order valence-corrected chi connectivity index (χ2v) is 4.07. The average molecular weight is 155 g/mol. The van der Waals surface area contributed by atoms with E-state index in [0.717, 1.165) is 18.4 Å². The lowest BCUT2D eigenvalue weighted by atomic mass is 9.86. The molecule has 0 amide bonds. The quantitative estimate of drug-likeness (QED) is 0.618. The minimum absolute atomic E-state index is 0.831. The van der Waals surface area contributed by atoms with E-state index in [1.54, 1.807) is 0 Å². The van der Waals surface area contributed by atoms with Gasteiger partial charge in [0.2, 0.25) is 0 Å². The monoisotopic (exact) mass is 155 g/mol. The van der Waals surface area contributed by atoms with Gasteiger partial charge < -0.3 is 5.73 Å². The number of rotatable bonds is 1. The van der Waals surface area contributed by atoms with Gasteiger partial charge >= 0.3 is 0 Å². The van der Waals surface area contributed by atoms with Crippen LogP contribution in [0.4, 0.5) is 0 Å². The van der Waals surface area contributed by atoms with Crippen LogP contribution in [-0.4, -0.2) is 6.54 Å². The first-order chi connectivity index (χ1) is 5.33. The molecule has 0 aromatic rings. The molecule has 0 aromatic heterocycles. The van der Waals surface area contributed by atoms with Crippen molar-refractivity contribution in [2.45, 2.75) is 45.4 Å². The smallest absolute Gasteiger partial charge is 0.00489 e. The van der Waals surface area contributed by atoms with Crippen LogP contribution in [0.3, 0.4) is 0 Å². The van der Waals surface area contributed by atoms with E-state index < -0.39 is 0 Å². The summed E-state index contributed by atoms with van der Waals surface area (Å²) in [6.45, 7) is 3.28. The summed E-state index contributed by atoms with van der Waals surface area (Å²) in [6.07, 6.45) is 8.43. The van der Waals surface area contributed by atoms with Crippen LogP contribution in [0.1, 0.15) is 45.4 Å². The average Bonchev–Trinajstić information content (AvgIpc) is 1.98. The molecule has 11 heavy (non-hydrogen) atoms. The van der Waals surface area contributed by atoms with Gasteiger partial charge in [-0.15, -0.1) is 0 Å². The maximum Gasteiger partial charge on any atom is -0.00489 e. The van der Waals surface area contributed by atoms with E-state index in [9.17, 15) is 0 Å². The third-order valence-corrected chi connectivity index (χ3v) is 2.96. The van der Waals surface area contributed by atoms with E-state index in [0.29, 0.717) is 0 Å². The topological polar surface area (TPSA) is 26.0 Å². The molecule has 0 aromatic carbocycles. The third kappa shape index (κ3) is 3.24. The van der Waals surface area contributed by atoms with Gasteiger partial charge in [0.15, 0.2) is 0 Å². The Balaban J connectivity index is 2.25. The summed E-state index contributed by atoms with van der Waals surface area (Å²) in [5.41, 5.74) is 5.67. The summed E-state index contributed by atoms with van der Waals surface area (Å²) in [6, 6.07) is 0. The molecule has 1 fully saturated rings. The lowest BCUT2D eigenvalue weighted by Crippen LogP contribution is -2.17. The van der Waals surface area contributed by atoms with Crippen molar-refractivity contribution in [2.75, 3.05) is 6.54 Å². The highest BCUT2D eigenvalue weighted by molar-refractivity contribution is 4.66. The van der Waals surface area contributed by atoms with E-state index in [-0.39, 0.29) is 0 Å². The van der Waals surface area contributed by atoms with Gasteiger partial charge in [-0.05, 0) is 31.2 Å². The van der Waals surface area contributed by atoms with Gasteiger partial charge in [-0.1, -0.05) is 32.6 Å². The molecule has 0 spiro atoms. The van der Waals surface area contributed by atoms with Crippen molar-refractivity contribution in [1.29, 1.82) is 0 Å². The van der Waals surface area contributed by atoms with Crippen molar-refractivity contribution in [2.24, 2.45) is 17.6 Å². The molecule has 1 aliphatic rings. The predicted octanol–water partition coefficient (Wildman–Crippen LogP) is 2.55. The van der Waals surface area contributed by atoms with Crippen molar-refractivity contribution in [1.82, 2.24) is 0 Å². The molecule has 0 saturated heterocycles. The van der Waals surface area contributed by atoms with Crippen LogP contribution in [0.15, 0.2) is 0 Å². The number of nitrogens with two attached hydrogens (primary N) is 1. The van der Waals surface area contributed by atoms with E-state index in [1.165, 1.54) is 38.5 Å². The zero-order chi connectivity index (χ0) is 8.10. The standard InChI is InChI=1S/C10H21N/c1-9-4-2-3-5-10(8-11)7-6-9/h9-10H,2-8,11H2,1H3/t9-,10?/m0/s1. The maximum atomic E-state index is 5.67. The molecular weight excluding hydrogens is 134 g/mol. The van der Waals surface area contributed by atoms with Gasteiger partial charge in [0.1, 0.15) is 0 Å². The zero-order valence-electron chi connectivity index (χ0n) is 7.68. The minimum atomic E-state index is 0.831. The van der Waals surface area contributed by atoms with Crippen molar-refractivity contribution in [3.8, 4) is 0 Å². The molecular formula is C10H21N. The van der Waals surface area contributed by atoms with Gasteiger partial charge in [0.05, 0.1) is 0 Å². The summed E-state index contributed by atoms with van der Waals surface area (Å²) >= 11 is 0. The lowest BCUT2D eigenvalue weighted by Gasteiger charge is -2.21. The third-order valence-electron chi connectivity index (χ3n) is 2.96. The Morgan fingerprint density at radius 2 is 1.82 bits per heavy atom. The van der Waals surface area contributed by atoms with Crippen molar-refractivity contribution < 1.29 is 0 Å². The molecule has 1 saturated carbocycles. The van der Waals surface area contributed by atoms with Gasteiger partial charge in [-0.2, -0.15) is 0 Å². The summed E-state index contributed by atoms with van der Waals surface area (Å²) in [5.74, 6) is 1.78. The van der Waals surface area contributed by atoms with Crippen LogP contribution < -0.4 is 5.73 Å². The lowest BCUT2D eigenvalue weighted by molar-refractivity contribution is 0.331. The highest BCUT2D eigenvalue weighted by atomic mass is 14.5. The maximum absolute atomic E-state index is 5.67. The largest absolute Gasteiger partial charge is 0.330 e. The second kappa shape index (κ2) is 4.76. The Hall–Kier alpha value is -0.0400. The zero-order valence-corrected chi connectivity index (χ0v) is 7.68. The van der Waals surface area contributed by atoms with Crippen LogP contribution in [0.5, 0.6) is 0 Å². The first kappa shape index (κ1) is 9.05. The highest BCUT2D eigenvalue weighted by Crippen LogP contribution is 2.24. The van der Waals surface area contributed by atoms with Crippen LogP contribution in [0.25, 0.3) is 0 Å². The first-order valence-electron chi connectivity index (χ1n) is 5.03. The van der Waals surface area contributed by atoms with E-state index in [1.807, 2.05) is 0 Å². The fraction of sp³-hybridized carbons (Fsp3) is 1.00. The second-order valence-electron chi connectivity index (χ2n) is 4.07. The fourth-order valence-electron chi connectivity index (χ4n) is 1.97. The molecule has 0 heterocycles. The highest BCUT2D eigenvalue weighted by Gasteiger charge is 2.12. The molecule has 1 rings (SSSR count). The number of hydrogen-bond donors (Lipinski definition) is 1. The summed E-state index contributed by atoms with van der Waals surface area (Å²) in [5, 5.41) is 0. The molecule has 1 aliphatic carbocycles. The summed E-state index contributed by atoms with van der Waals surface area (Å²) in [4.78, 5) is 0. The van der Waals surface area contributed by atoms with Crippen LogP contribution >= 0.6 is 0 Å². The van der Waals surface area contributed by atoms with Crippen LogP contribution in [0.2, 0.25) is 0 Å². The van der Waals surface area contributed by atoms with E-state index in [4.69, 9.17) is 5.73 Å². The Labute approximate surface area is 70.4 Å². The van der Waals surface area contributed by atoms with Gasteiger partial charge in [0.25, 0.3) is 0 Å². The molecule has 2 N–H and O–H groups in total. The van der Waals surface area contributed by atoms with E-state index >= 15 is 0 Å². The molecule has 1 nitrogen and oxygen atoms in total. The number of hydrogen-bond acceptors (Lipinski definition) is 1. The molecule has 1 unspecified atom stereocenters. The van der Waals surface area contributed by atoms with Gasteiger partial charge in [-0.3, -0.25) is 0 Å². The van der Waals surface area contributed by atoms with Crippen molar-refractivity contribution >= 4 is 0 Å². The SMILES string of the molecule is C[C@H]1CCCCC(CN)CC1. The first-order valence-corrected chi connectivity index (χ1v) is 5.03. The Bertz CT molecular complexity index is 101. The Morgan fingerprint density at radius 1 is 1.09 bits per heavy atom. The Morgan fingerprint density at radius 3 is 2.55 bits per heavy atom. The Kier molecular flexibility index (Phi) is 3.92. The summed E-state index contributed by atoms with van der Waals surface area (Å²) in [7, 11) is 0. The molecule has 66 valence electrons. The minimum Gasteiger partial charge on any atom is -0.330 e. The molecule has 1 heteroatoms. The summed E-state index contributed by atoms with van der Waals surface area (Å²) < 4.78 is 0. The predicted molar refractivity (Wildman–Crippen MR) is 49.4 cm³/mol.